The van der Waals surface area contributed by atoms with E-state index >= 15 is 0 Å². The van der Waals surface area contributed by atoms with Crippen LogP contribution >= 0.6 is 0 Å². The Morgan fingerprint density at radius 2 is 1.55 bits per heavy atom. The second-order valence-corrected chi connectivity index (χ2v) is 6.28. The van der Waals surface area contributed by atoms with Gasteiger partial charge in [0.15, 0.2) is 0 Å². The minimum Gasteiger partial charge on any atom is -0.499 e. The van der Waals surface area contributed by atoms with Gasteiger partial charge < -0.3 is 35.1 Å². The summed E-state index contributed by atoms with van der Waals surface area (Å²) in [5.41, 5.74) is 4.14. The van der Waals surface area contributed by atoms with Crippen molar-refractivity contribution in [3.63, 3.8) is 0 Å². The number of rotatable bonds is 6. The maximum Gasteiger partial charge on any atom is 1.00 e. The van der Waals surface area contributed by atoms with Gasteiger partial charge in [0.25, 0.3) is 0 Å². The Morgan fingerprint density at radius 3 is 1.93 bits per heavy atom. The molecule has 0 bridgehead atoms. The molecule has 2 rings (SSSR count). The number of para-hydroxylation sites is 1. The van der Waals surface area contributed by atoms with Gasteiger partial charge in [0.05, 0.1) is 18.8 Å². The molecule has 2 aromatic rings. The fourth-order valence-electron chi connectivity index (χ4n) is 2.17. The summed E-state index contributed by atoms with van der Waals surface area (Å²) in [6.07, 6.45) is 5.63. The second kappa shape index (κ2) is 18.1. The van der Waals surface area contributed by atoms with Crippen LogP contribution in [0.15, 0.2) is 42.5 Å². The molecular weight excluding hydrogens is 353 g/mol. The molecule has 4 heteroatoms. The van der Waals surface area contributed by atoms with Crippen LogP contribution < -0.4 is 28.9 Å². The van der Waals surface area contributed by atoms with E-state index in [1.807, 2.05) is 63.2 Å². The Bertz CT molecular complexity index is 647. The molecule has 0 saturated carbocycles. The second-order valence-electron chi connectivity index (χ2n) is 6.28. The van der Waals surface area contributed by atoms with E-state index in [9.17, 15) is 4.79 Å². The monoisotopic (exact) mass is 388 g/mol. The maximum absolute atomic E-state index is 11.4. The topological polar surface area (TPSA) is 38.3 Å². The van der Waals surface area contributed by atoms with Crippen LogP contribution in [-0.4, -0.2) is 13.0 Å². The molecule has 1 amide bonds. The van der Waals surface area contributed by atoms with Crippen molar-refractivity contribution in [2.45, 2.75) is 46.5 Å². The molecule has 0 aliphatic carbocycles. The summed E-state index contributed by atoms with van der Waals surface area (Å²) >= 11 is 0. The zero-order valence-corrected chi connectivity index (χ0v) is 18.9. The molecular formula is C25H35LiNO2-3. The number of hydrogen-bond donors (Lipinski definition) is 1. The third-order valence-electron chi connectivity index (χ3n) is 3.78. The van der Waals surface area contributed by atoms with Crippen LogP contribution in [0.1, 0.15) is 49.3 Å². The molecule has 0 aliphatic heterocycles. The van der Waals surface area contributed by atoms with E-state index in [1.165, 1.54) is 6.42 Å². The number of carbonyl (C=O) groups excluding carboxylic acids is 1. The molecule has 0 aliphatic rings. The number of unbranched alkanes of at least 4 members (excludes halogenated alkanes) is 2. The van der Waals surface area contributed by atoms with Crippen LogP contribution in [-0.2, 0) is 4.79 Å². The van der Waals surface area contributed by atoms with E-state index in [0.717, 1.165) is 47.4 Å². The largest absolute Gasteiger partial charge is 1.00 e. The van der Waals surface area contributed by atoms with Gasteiger partial charge in [-0.05, 0) is 25.0 Å². The van der Waals surface area contributed by atoms with Crippen molar-refractivity contribution in [1.29, 1.82) is 0 Å². The molecule has 0 fully saturated rings. The Morgan fingerprint density at radius 1 is 1.03 bits per heavy atom. The first kappa shape index (κ1) is 29.3. The third kappa shape index (κ3) is 13.8. The first-order valence-electron chi connectivity index (χ1n) is 9.64. The molecule has 0 radical (unpaired) electrons. The van der Waals surface area contributed by atoms with Gasteiger partial charge in [0.2, 0.25) is 0 Å². The third-order valence-corrected chi connectivity index (χ3v) is 3.78. The van der Waals surface area contributed by atoms with E-state index in [-0.39, 0.29) is 24.8 Å². The summed E-state index contributed by atoms with van der Waals surface area (Å²) in [5.74, 6) is 0.854. The molecule has 0 saturated heterocycles. The van der Waals surface area contributed by atoms with E-state index in [2.05, 4.69) is 26.1 Å². The van der Waals surface area contributed by atoms with E-state index < -0.39 is 0 Å². The smallest absolute Gasteiger partial charge is 0.499 e. The maximum atomic E-state index is 11.4. The molecule has 0 spiro atoms. The van der Waals surface area contributed by atoms with Crippen LogP contribution in [0.25, 0.3) is 0 Å². The number of hydrogen-bond acceptors (Lipinski definition) is 2. The van der Waals surface area contributed by atoms with Crippen molar-refractivity contribution in [3.05, 3.63) is 86.3 Å². The first-order chi connectivity index (χ1) is 13.4. The van der Waals surface area contributed by atoms with Gasteiger partial charge >= 0.3 is 18.9 Å². The molecule has 29 heavy (non-hydrogen) atoms. The van der Waals surface area contributed by atoms with Crippen molar-refractivity contribution in [2.75, 3.05) is 12.4 Å². The van der Waals surface area contributed by atoms with Crippen molar-refractivity contribution in [3.8, 4) is 5.75 Å². The Labute approximate surface area is 190 Å². The molecule has 0 aromatic heterocycles. The van der Waals surface area contributed by atoms with Crippen LogP contribution in [0, 0.1) is 41.0 Å². The number of ether oxygens (including phenoxy) is 1. The minimum atomic E-state index is -0.0232. The molecule has 0 atom stereocenters. The number of carbonyl (C=O) groups is 1. The number of nitrogens with one attached hydrogen (secondary N) is 1. The molecule has 0 heterocycles. The number of benzene rings is 2. The fourth-order valence-corrected chi connectivity index (χ4v) is 2.17. The van der Waals surface area contributed by atoms with Gasteiger partial charge in [-0.25, -0.2) is 0 Å². The Kier molecular flexibility index (Phi) is 18.3. The number of methoxy groups -OCH3 is 1. The molecule has 156 valence electrons. The average molecular weight is 389 g/mol. The zero-order chi connectivity index (χ0) is 21.4. The van der Waals surface area contributed by atoms with E-state index in [0.29, 0.717) is 0 Å². The first-order valence-corrected chi connectivity index (χ1v) is 9.64. The van der Waals surface area contributed by atoms with Gasteiger partial charge in [0.1, 0.15) is 0 Å². The quantitative estimate of drug-likeness (QED) is 0.607. The molecule has 3 nitrogen and oxygen atoms in total. The molecule has 1 N–H and O–H groups in total. The summed E-state index contributed by atoms with van der Waals surface area (Å²) in [7, 11) is 1.65. The van der Waals surface area contributed by atoms with Crippen molar-refractivity contribution >= 4 is 11.6 Å². The fraction of sp³-hybridized carbons (Fsp3) is 0.320. The standard InChI is InChI=1S/C12H16NO.C8H9O.C5H10.Li/c1-4-6-11(14)13-12-9(2)7-5-8-10(12)3;1-7-3-5-8(9-2)6-4-7;1-3-5-4-2;/h5-8H,4H2,1-3H3,(H,13,14);3-6H,1H2,2H3;1-5H2;/q2*-1;-2;+1. The predicted molar refractivity (Wildman–Crippen MR) is 121 cm³/mol. The summed E-state index contributed by atoms with van der Waals surface area (Å²) in [6, 6.07) is 13.6. The summed E-state index contributed by atoms with van der Waals surface area (Å²) in [4.78, 5) is 11.4. The SMILES string of the molecule is CC[CH-]C(=O)Nc1c(C)cccc1C.[CH2-]CCC[CH2-].[CH2-]c1ccc(OC)cc1.[Li+]. The van der Waals surface area contributed by atoms with Crippen LogP contribution in [0.5, 0.6) is 5.75 Å². The Balaban J connectivity index is 0. The minimum absolute atomic E-state index is 0. The van der Waals surface area contributed by atoms with Gasteiger partial charge in [-0.15, -0.1) is 6.42 Å². The van der Waals surface area contributed by atoms with Crippen LogP contribution in [0.4, 0.5) is 5.69 Å². The van der Waals surface area contributed by atoms with Gasteiger partial charge in [-0.3, -0.25) is 0 Å². The van der Waals surface area contributed by atoms with Crippen molar-refractivity contribution in [2.24, 2.45) is 0 Å². The summed E-state index contributed by atoms with van der Waals surface area (Å²) in [5, 5.41) is 2.88. The average Bonchev–Trinajstić information content (AvgIpc) is 2.67. The molecule has 0 unspecified atom stereocenters. The van der Waals surface area contributed by atoms with Crippen LogP contribution in [0.3, 0.4) is 0 Å². The van der Waals surface area contributed by atoms with Crippen molar-refractivity contribution < 1.29 is 28.4 Å². The van der Waals surface area contributed by atoms with Gasteiger partial charge in [0, 0.05) is 5.69 Å². The van der Waals surface area contributed by atoms with Crippen molar-refractivity contribution in [1.82, 2.24) is 0 Å². The summed E-state index contributed by atoms with van der Waals surface area (Å²) < 4.78 is 4.94. The predicted octanol–water partition coefficient (Wildman–Crippen LogP) is 3.56. The van der Waals surface area contributed by atoms with E-state index in [4.69, 9.17) is 4.74 Å². The zero-order valence-electron chi connectivity index (χ0n) is 18.9. The number of amides is 1. The van der Waals surface area contributed by atoms with Gasteiger partial charge in [-0.2, -0.15) is 43.9 Å². The van der Waals surface area contributed by atoms with E-state index in [1.54, 1.807) is 13.5 Å². The number of aryl methyl sites for hydroxylation is 2. The number of anilines is 1. The van der Waals surface area contributed by atoms with Gasteiger partial charge in [-0.1, -0.05) is 37.3 Å². The Hall–Kier alpha value is -1.95. The van der Waals surface area contributed by atoms with Crippen LogP contribution in [0.2, 0.25) is 0 Å². The summed E-state index contributed by atoms with van der Waals surface area (Å²) in [6.45, 7) is 16.9. The normalized spacial score (nSPS) is 8.90. The molecule has 2 aromatic carbocycles.